The van der Waals surface area contributed by atoms with Crippen LogP contribution in [0.4, 0.5) is 4.39 Å². The van der Waals surface area contributed by atoms with E-state index in [4.69, 9.17) is 9.94 Å². The highest BCUT2D eigenvalue weighted by Gasteiger charge is 2.22. The average Bonchev–Trinajstić information content (AvgIpc) is 2.31. The molecule has 1 aromatic rings. The van der Waals surface area contributed by atoms with Crippen LogP contribution in [-0.2, 0) is 14.9 Å². The summed E-state index contributed by atoms with van der Waals surface area (Å²) in [4.78, 5) is 17.0. The molecule has 1 aromatic carbocycles. The van der Waals surface area contributed by atoms with Crippen LogP contribution in [0.3, 0.4) is 0 Å². The van der Waals surface area contributed by atoms with E-state index in [1.165, 1.54) is 6.92 Å². The molecule has 0 amide bonds. The molecule has 8 heteroatoms. The lowest BCUT2D eigenvalue weighted by atomic mass is 10.1. The predicted octanol–water partition coefficient (Wildman–Crippen LogP) is 1.70. The minimum atomic E-state index is -4.14. The molecular formula is C12H16FNO5S. The summed E-state index contributed by atoms with van der Waals surface area (Å²) in [5, 5.41) is 8.83. The first-order valence-corrected chi connectivity index (χ1v) is 7.30. The fraction of sp³-hybridized carbons (Fsp3) is 0.417. The second-order valence-corrected chi connectivity index (χ2v) is 6.29. The quantitative estimate of drug-likeness (QED) is 0.780. The Labute approximate surface area is 116 Å². The first-order valence-electron chi connectivity index (χ1n) is 5.82. The number of carboxylic acid groups (broad SMARTS) is 1. The maximum atomic E-state index is 13.6. The van der Waals surface area contributed by atoms with E-state index in [-0.39, 0.29) is 18.1 Å². The molecule has 0 unspecified atom stereocenters. The van der Waals surface area contributed by atoms with Crippen molar-refractivity contribution in [2.75, 3.05) is 6.61 Å². The van der Waals surface area contributed by atoms with Gasteiger partial charge in [0.2, 0.25) is 0 Å². The SMILES string of the molecule is Cc1c(F)cc(C(=O)O)cc1S(=O)(=O)NOCC(C)C. The van der Waals surface area contributed by atoms with E-state index in [9.17, 15) is 17.6 Å². The van der Waals surface area contributed by atoms with E-state index in [0.717, 1.165) is 12.1 Å². The number of carbonyl (C=O) groups is 1. The Kier molecular flexibility index (Phi) is 5.21. The van der Waals surface area contributed by atoms with E-state index in [1.807, 2.05) is 18.7 Å². The number of benzene rings is 1. The molecule has 0 heterocycles. The van der Waals surface area contributed by atoms with Crippen LogP contribution in [0.15, 0.2) is 17.0 Å². The molecule has 0 fully saturated rings. The summed E-state index contributed by atoms with van der Waals surface area (Å²) in [5.41, 5.74) is -0.618. The van der Waals surface area contributed by atoms with Crippen LogP contribution in [0, 0.1) is 18.7 Å². The summed E-state index contributed by atoms with van der Waals surface area (Å²) in [5.74, 6) is -2.22. The Balaban J connectivity index is 3.14. The Morgan fingerprint density at radius 2 is 2.05 bits per heavy atom. The molecule has 20 heavy (non-hydrogen) atoms. The van der Waals surface area contributed by atoms with Gasteiger partial charge in [0.15, 0.2) is 0 Å². The minimum absolute atomic E-state index is 0.0980. The topological polar surface area (TPSA) is 92.7 Å². The van der Waals surface area contributed by atoms with E-state index in [0.29, 0.717) is 0 Å². The minimum Gasteiger partial charge on any atom is -0.478 e. The fourth-order valence-electron chi connectivity index (χ4n) is 1.38. The van der Waals surface area contributed by atoms with Gasteiger partial charge in [-0.3, -0.25) is 4.84 Å². The second kappa shape index (κ2) is 6.29. The Bertz CT molecular complexity index is 613. The average molecular weight is 305 g/mol. The predicted molar refractivity (Wildman–Crippen MR) is 69.2 cm³/mol. The number of nitrogens with one attached hydrogen (secondary N) is 1. The van der Waals surface area contributed by atoms with Gasteiger partial charge in [0.25, 0.3) is 10.0 Å². The maximum Gasteiger partial charge on any atom is 0.335 e. The molecule has 2 N–H and O–H groups in total. The van der Waals surface area contributed by atoms with Crippen molar-refractivity contribution in [3.63, 3.8) is 0 Å². The van der Waals surface area contributed by atoms with Gasteiger partial charge in [-0.15, -0.1) is 0 Å². The normalized spacial score (nSPS) is 11.8. The lowest BCUT2D eigenvalue weighted by Crippen LogP contribution is -2.27. The summed E-state index contributed by atoms with van der Waals surface area (Å²) < 4.78 is 37.5. The van der Waals surface area contributed by atoms with Gasteiger partial charge >= 0.3 is 5.97 Å². The van der Waals surface area contributed by atoms with Crippen molar-refractivity contribution in [2.45, 2.75) is 25.7 Å². The number of aromatic carboxylic acids is 1. The summed E-state index contributed by atoms with van der Waals surface area (Å²) in [6, 6.07) is 1.66. The summed E-state index contributed by atoms with van der Waals surface area (Å²) in [6.07, 6.45) is 0. The van der Waals surface area contributed by atoms with Gasteiger partial charge in [-0.1, -0.05) is 18.7 Å². The molecule has 112 valence electrons. The number of hydrogen-bond donors (Lipinski definition) is 2. The van der Waals surface area contributed by atoms with Crippen LogP contribution in [0.25, 0.3) is 0 Å². The van der Waals surface area contributed by atoms with Gasteiger partial charge in [-0.25, -0.2) is 17.6 Å². The van der Waals surface area contributed by atoms with Crippen molar-refractivity contribution < 1.29 is 27.5 Å². The molecule has 0 atom stereocenters. The monoisotopic (exact) mass is 305 g/mol. The largest absolute Gasteiger partial charge is 0.478 e. The first kappa shape index (κ1) is 16.5. The molecule has 1 rings (SSSR count). The van der Waals surface area contributed by atoms with Crippen LogP contribution < -0.4 is 4.89 Å². The van der Waals surface area contributed by atoms with Gasteiger partial charge in [-0.2, -0.15) is 0 Å². The Hall–Kier alpha value is -1.51. The summed E-state index contributed by atoms with van der Waals surface area (Å²) >= 11 is 0. The number of carboxylic acids is 1. The molecule has 0 spiro atoms. The van der Waals surface area contributed by atoms with Gasteiger partial charge in [0.1, 0.15) is 5.82 Å². The van der Waals surface area contributed by atoms with Crippen LogP contribution in [0.2, 0.25) is 0 Å². The number of hydrogen-bond acceptors (Lipinski definition) is 4. The molecule has 6 nitrogen and oxygen atoms in total. The second-order valence-electron chi connectivity index (χ2n) is 4.68. The third-order valence-electron chi connectivity index (χ3n) is 2.42. The molecule has 0 bridgehead atoms. The van der Waals surface area contributed by atoms with Crippen LogP contribution in [0.1, 0.15) is 29.8 Å². The molecular weight excluding hydrogens is 289 g/mol. The van der Waals surface area contributed by atoms with Gasteiger partial charge in [0, 0.05) is 5.56 Å². The number of rotatable bonds is 6. The van der Waals surface area contributed by atoms with Gasteiger partial charge in [0.05, 0.1) is 17.1 Å². The zero-order valence-electron chi connectivity index (χ0n) is 11.3. The van der Waals surface area contributed by atoms with E-state index in [2.05, 4.69) is 0 Å². The maximum absolute atomic E-state index is 13.6. The Morgan fingerprint density at radius 3 is 2.55 bits per heavy atom. The molecule has 0 aliphatic heterocycles. The standard InChI is InChI=1S/C12H16FNO5S/c1-7(2)6-19-14-20(17,18)11-5-9(12(15)16)4-10(13)8(11)3/h4-5,7,14H,6H2,1-3H3,(H,15,16). The molecule has 0 radical (unpaired) electrons. The third-order valence-corrected chi connectivity index (χ3v) is 3.76. The number of sulfonamides is 1. The third kappa shape index (κ3) is 3.99. The van der Waals surface area contributed by atoms with Crippen molar-refractivity contribution in [3.8, 4) is 0 Å². The van der Waals surface area contributed by atoms with Crippen LogP contribution in [-0.4, -0.2) is 26.1 Å². The first-order chi connectivity index (χ1) is 9.15. The van der Waals surface area contributed by atoms with Crippen molar-refractivity contribution in [3.05, 3.63) is 29.1 Å². The van der Waals surface area contributed by atoms with Crippen molar-refractivity contribution >= 4 is 16.0 Å². The van der Waals surface area contributed by atoms with Gasteiger partial charge in [-0.05, 0) is 25.0 Å². The van der Waals surface area contributed by atoms with E-state index >= 15 is 0 Å². The summed E-state index contributed by atoms with van der Waals surface area (Å²) in [7, 11) is -4.14. The highest BCUT2D eigenvalue weighted by molar-refractivity contribution is 7.89. The molecule has 0 aromatic heterocycles. The highest BCUT2D eigenvalue weighted by atomic mass is 32.2. The van der Waals surface area contributed by atoms with Crippen molar-refractivity contribution in [1.82, 2.24) is 4.89 Å². The van der Waals surface area contributed by atoms with Crippen molar-refractivity contribution in [1.29, 1.82) is 0 Å². The molecule has 0 saturated carbocycles. The fourth-order valence-corrected chi connectivity index (χ4v) is 2.48. The zero-order chi connectivity index (χ0) is 15.5. The lowest BCUT2D eigenvalue weighted by molar-refractivity contribution is 0.0695. The lowest BCUT2D eigenvalue weighted by Gasteiger charge is -2.12. The molecule has 0 aliphatic carbocycles. The molecule has 0 aliphatic rings. The van der Waals surface area contributed by atoms with E-state index in [1.54, 1.807) is 0 Å². The highest BCUT2D eigenvalue weighted by Crippen LogP contribution is 2.20. The van der Waals surface area contributed by atoms with Gasteiger partial charge < -0.3 is 5.11 Å². The Morgan fingerprint density at radius 1 is 1.45 bits per heavy atom. The van der Waals surface area contributed by atoms with Crippen LogP contribution >= 0.6 is 0 Å². The smallest absolute Gasteiger partial charge is 0.335 e. The molecule has 0 saturated heterocycles. The van der Waals surface area contributed by atoms with Crippen molar-refractivity contribution in [2.24, 2.45) is 5.92 Å². The number of halogens is 1. The van der Waals surface area contributed by atoms with E-state index < -0.39 is 32.3 Å². The van der Waals surface area contributed by atoms with Crippen LogP contribution in [0.5, 0.6) is 0 Å². The summed E-state index contributed by atoms with van der Waals surface area (Å²) in [6.45, 7) is 5.03. The zero-order valence-corrected chi connectivity index (χ0v) is 12.1.